The molecule has 1 aliphatic heterocycles. The standard InChI is InChI=1S/C19H27N7O2/c1-23(2)18(27)13-16-5-3-4-6-17(16)22-19(28)25-10-7-24(8-11-25)9-12-26-15-20-14-21-26/h3-6,14-15H,7-13H2,1-2H3,(H,22,28). The van der Waals surface area contributed by atoms with Crippen molar-refractivity contribution in [1.29, 1.82) is 0 Å². The predicted octanol–water partition coefficient (Wildman–Crippen LogP) is 0.759. The lowest BCUT2D eigenvalue weighted by molar-refractivity contribution is -0.127. The normalized spacial score (nSPS) is 14.7. The minimum absolute atomic E-state index is 0.00250. The number of amides is 3. The van der Waals surface area contributed by atoms with Crippen molar-refractivity contribution >= 4 is 17.6 Å². The highest BCUT2D eigenvalue weighted by Crippen LogP contribution is 2.17. The number of rotatable bonds is 6. The van der Waals surface area contributed by atoms with Crippen molar-refractivity contribution in [3.8, 4) is 0 Å². The van der Waals surface area contributed by atoms with Gasteiger partial charge in [-0.15, -0.1) is 0 Å². The number of anilines is 1. The number of piperazine rings is 1. The summed E-state index contributed by atoms with van der Waals surface area (Å²) < 4.78 is 1.81. The minimum Gasteiger partial charge on any atom is -0.349 e. The first kappa shape index (κ1) is 19.8. The van der Waals surface area contributed by atoms with Crippen molar-refractivity contribution in [3.63, 3.8) is 0 Å². The first-order chi connectivity index (χ1) is 13.5. The van der Waals surface area contributed by atoms with Crippen LogP contribution in [0.5, 0.6) is 0 Å². The Kier molecular flexibility index (Phi) is 6.59. The summed E-state index contributed by atoms with van der Waals surface area (Å²) >= 11 is 0. The van der Waals surface area contributed by atoms with E-state index in [1.807, 2.05) is 33.8 Å². The Bertz CT molecular complexity index is 783. The summed E-state index contributed by atoms with van der Waals surface area (Å²) in [6, 6.07) is 7.33. The van der Waals surface area contributed by atoms with Crippen molar-refractivity contribution in [2.75, 3.05) is 52.1 Å². The van der Waals surface area contributed by atoms with Crippen LogP contribution in [0, 0.1) is 0 Å². The molecule has 0 radical (unpaired) electrons. The summed E-state index contributed by atoms with van der Waals surface area (Å²) in [6.07, 6.45) is 3.51. The van der Waals surface area contributed by atoms with Gasteiger partial charge in [-0.3, -0.25) is 14.4 Å². The summed E-state index contributed by atoms with van der Waals surface area (Å²) in [5.41, 5.74) is 1.51. The van der Waals surface area contributed by atoms with Crippen LogP contribution in [0.25, 0.3) is 0 Å². The highest BCUT2D eigenvalue weighted by atomic mass is 16.2. The minimum atomic E-state index is -0.124. The van der Waals surface area contributed by atoms with Crippen LogP contribution in [0.1, 0.15) is 5.56 Å². The van der Waals surface area contributed by atoms with Crippen LogP contribution in [0.15, 0.2) is 36.9 Å². The van der Waals surface area contributed by atoms with Gasteiger partial charge in [-0.25, -0.2) is 9.78 Å². The van der Waals surface area contributed by atoms with Gasteiger partial charge in [0.2, 0.25) is 5.91 Å². The number of likely N-dealkylation sites (N-methyl/N-ethyl adjacent to an activating group) is 1. The van der Waals surface area contributed by atoms with E-state index >= 15 is 0 Å². The van der Waals surface area contributed by atoms with Gasteiger partial charge in [-0.1, -0.05) is 18.2 Å². The molecule has 28 heavy (non-hydrogen) atoms. The predicted molar refractivity (Wildman–Crippen MR) is 106 cm³/mol. The van der Waals surface area contributed by atoms with Crippen LogP contribution in [0.4, 0.5) is 10.5 Å². The fourth-order valence-corrected chi connectivity index (χ4v) is 3.08. The number of nitrogens with zero attached hydrogens (tertiary/aromatic N) is 6. The highest BCUT2D eigenvalue weighted by Gasteiger charge is 2.22. The van der Waals surface area contributed by atoms with E-state index in [2.05, 4.69) is 20.3 Å². The SMILES string of the molecule is CN(C)C(=O)Cc1ccccc1NC(=O)N1CCN(CCn2cncn2)CC1. The third-order valence-electron chi connectivity index (χ3n) is 4.87. The Morgan fingerprint density at radius 2 is 1.86 bits per heavy atom. The molecule has 3 rings (SSSR count). The topological polar surface area (TPSA) is 86.6 Å². The van der Waals surface area contributed by atoms with Crippen LogP contribution >= 0.6 is 0 Å². The second-order valence-corrected chi connectivity index (χ2v) is 7.04. The molecule has 0 atom stereocenters. The number of aromatic nitrogens is 3. The maximum absolute atomic E-state index is 12.7. The molecule has 0 bridgehead atoms. The molecule has 1 aromatic heterocycles. The van der Waals surface area contributed by atoms with Crippen molar-refractivity contribution < 1.29 is 9.59 Å². The lowest BCUT2D eigenvalue weighted by Gasteiger charge is -2.34. The molecule has 0 aliphatic carbocycles. The summed E-state index contributed by atoms with van der Waals surface area (Å²) in [7, 11) is 3.46. The van der Waals surface area contributed by atoms with E-state index in [9.17, 15) is 9.59 Å². The quantitative estimate of drug-likeness (QED) is 0.793. The average Bonchev–Trinajstić information content (AvgIpc) is 3.22. The zero-order valence-corrected chi connectivity index (χ0v) is 16.4. The number of nitrogens with one attached hydrogen (secondary N) is 1. The van der Waals surface area contributed by atoms with Gasteiger partial charge in [0.15, 0.2) is 0 Å². The maximum Gasteiger partial charge on any atom is 0.321 e. The van der Waals surface area contributed by atoms with E-state index in [1.165, 1.54) is 6.33 Å². The van der Waals surface area contributed by atoms with Gasteiger partial charge >= 0.3 is 6.03 Å². The van der Waals surface area contributed by atoms with E-state index in [4.69, 9.17) is 0 Å². The maximum atomic E-state index is 12.7. The van der Waals surface area contributed by atoms with Crippen molar-refractivity contribution in [1.82, 2.24) is 29.5 Å². The molecule has 0 spiro atoms. The number of hydrogen-bond acceptors (Lipinski definition) is 5. The third kappa shape index (κ3) is 5.29. The van der Waals surface area contributed by atoms with Crippen molar-refractivity contribution in [2.45, 2.75) is 13.0 Å². The Balaban J connectivity index is 1.50. The molecule has 0 unspecified atom stereocenters. The lowest BCUT2D eigenvalue weighted by atomic mass is 10.1. The molecule has 9 nitrogen and oxygen atoms in total. The summed E-state index contributed by atoms with van der Waals surface area (Å²) in [5.74, 6) is 0.00250. The molecule has 1 aromatic carbocycles. The number of carbonyl (C=O) groups excluding carboxylic acids is 2. The number of carbonyl (C=O) groups is 2. The third-order valence-corrected chi connectivity index (χ3v) is 4.87. The van der Waals surface area contributed by atoms with Gasteiger partial charge in [0.25, 0.3) is 0 Å². The van der Waals surface area contributed by atoms with Crippen LogP contribution in [-0.4, -0.2) is 88.2 Å². The van der Waals surface area contributed by atoms with Gasteiger partial charge in [-0.05, 0) is 11.6 Å². The first-order valence-electron chi connectivity index (χ1n) is 9.41. The van der Waals surface area contributed by atoms with E-state index in [0.717, 1.165) is 31.7 Å². The fraction of sp³-hybridized carbons (Fsp3) is 0.474. The average molecular weight is 385 g/mol. The van der Waals surface area contributed by atoms with E-state index in [0.29, 0.717) is 18.8 Å². The fourth-order valence-electron chi connectivity index (χ4n) is 3.08. The summed E-state index contributed by atoms with van der Waals surface area (Å²) in [5, 5.41) is 7.08. The van der Waals surface area contributed by atoms with Crippen molar-refractivity contribution in [2.24, 2.45) is 0 Å². The van der Waals surface area contributed by atoms with Gasteiger partial charge < -0.3 is 15.1 Å². The molecule has 0 saturated carbocycles. The summed E-state index contributed by atoms with van der Waals surface area (Å²) in [6.45, 7) is 4.66. The summed E-state index contributed by atoms with van der Waals surface area (Å²) in [4.78, 5) is 34.3. The Hall–Kier alpha value is -2.94. The second-order valence-electron chi connectivity index (χ2n) is 7.04. The van der Waals surface area contributed by atoms with Gasteiger partial charge in [0.05, 0.1) is 13.0 Å². The largest absolute Gasteiger partial charge is 0.349 e. The molecule has 9 heteroatoms. The molecule has 1 aliphatic rings. The molecule has 1 N–H and O–H groups in total. The molecule has 3 amide bonds. The smallest absolute Gasteiger partial charge is 0.321 e. The molecule has 2 aromatic rings. The van der Waals surface area contributed by atoms with E-state index < -0.39 is 0 Å². The molecule has 150 valence electrons. The molecular formula is C19H27N7O2. The monoisotopic (exact) mass is 385 g/mol. The van der Waals surface area contributed by atoms with Crippen LogP contribution in [-0.2, 0) is 17.8 Å². The molecular weight excluding hydrogens is 358 g/mol. The lowest BCUT2D eigenvalue weighted by Crippen LogP contribution is -2.50. The Morgan fingerprint density at radius 3 is 2.54 bits per heavy atom. The molecule has 1 saturated heterocycles. The zero-order valence-electron chi connectivity index (χ0n) is 16.4. The van der Waals surface area contributed by atoms with Crippen LogP contribution < -0.4 is 5.32 Å². The van der Waals surface area contributed by atoms with Gasteiger partial charge in [-0.2, -0.15) is 5.10 Å². The number of benzene rings is 1. The van der Waals surface area contributed by atoms with Crippen molar-refractivity contribution in [3.05, 3.63) is 42.5 Å². The number of para-hydroxylation sites is 1. The molecule has 1 fully saturated rings. The zero-order chi connectivity index (χ0) is 19.9. The van der Waals surface area contributed by atoms with Crippen LogP contribution in [0.3, 0.4) is 0 Å². The first-order valence-corrected chi connectivity index (χ1v) is 9.41. The van der Waals surface area contributed by atoms with Crippen LogP contribution in [0.2, 0.25) is 0 Å². The second kappa shape index (κ2) is 9.32. The number of hydrogen-bond donors (Lipinski definition) is 1. The highest BCUT2D eigenvalue weighted by molar-refractivity contribution is 5.91. The Morgan fingerprint density at radius 1 is 1.11 bits per heavy atom. The Labute approximate surface area is 164 Å². The van der Waals surface area contributed by atoms with Gasteiger partial charge in [0.1, 0.15) is 12.7 Å². The molecule has 2 heterocycles. The van der Waals surface area contributed by atoms with Gasteiger partial charge in [0, 0.05) is 52.5 Å². The van der Waals surface area contributed by atoms with E-state index in [1.54, 1.807) is 25.3 Å². The number of urea groups is 1. The van der Waals surface area contributed by atoms with E-state index in [-0.39, 0.29) is 18.4 Å².